The highest BCUT2D eigenvalue weighted by Crippen LogP contribution is 2.37. The maximum atomic E-state index is 10.6. The molecule has 0 radical (unpaired) electrons. The fraction of sp³-hybridized carbons (Fsp3) is 0.545. The Balaban J connectivity index is 2.02. The van der Waals surface area contributed by atoms with E-state index in [4.69, 9.17) is 5.73 Å². The Kier molecular flexibility index (Phi) is 3.60. The van der Waals surface area contributed by atoms with Crippen molar-refractivity contribution >= 4 is 29.1 Å². The molecule has 0 spiro atoms. The van der Waals surface area contributed by atoms with Crippen molar-refractivity contribution in [1.29, 1.82) is 0 Å². The molecule has 1 fully saturated rings. The van der Waals surface area contributed by atoms with Crippen molar-refractivity contribution in [2.75, 3.05) is 23.3 Å². The average molecular weight is 268 g/mol. The third-order valence-electron chi connectivity index (χ3n) is 3.04. The summed E-state index contributed by atoms with van der Waals surface area (Å²) in [6.45, 7) is 3.01. The molecule has 1 aliphatic rings. The lowest BCUT2D eigenvalue weighted by molar-refractivity contribution is -0.384. The predicted octanol–water partition coefficient (Wildman–Crippen LogP) is 2.27. The smallest absolute Gasteiger partial charge is 0.311 e. The van der Waals surface area contributed by atoms with E-state index in [1.54, 1.807) is 6.07 Å². The summed E-state index contributed by atoms with van der Waals surface area (Å²) in [6, 6.07) is 2.98. The molecule has 0 saturated carbocycles. The van der Waals surface area contributed by atoms with Gasteiger partial charge in [0, 0.05) is 17.4 Å². The summed E-state index contributed by atoms with van der Waals surface area (Å²) in [5.41, 5.74) is 5.39. The summed E-state index contributed by atoms with van der Waals surface area (Å²) in [6.07, 6.45) is 2.41. The molecule has 0 aromatic carbocycles. The quantitative estimate of drug-likeness (QED) is 0.642. The van der Waals surface area contributed by atoms with Crippen LogP contribution in [0.5, 0.6) is 0 Å². The van der Waals surface area contributed by atoms with Crippen molar-refractivity contribution in [3.8, 4) is 0 Å². The minimum absolute atomic E-state index is 0.0470. The SMILES string of the molecule is CC1(CNc2ccc([N+](=O)[O-])c(N)n2)CCCS1. The zero-order chi connectivity index (χ0) is 13.2. The van der Waals surface area contributed by atoms with Gasteiger partial charge in [-0.2, -0.15) is 11.8 Å². The molecule has 1 atom stereocenters. The Hall–Kier alpha value is -1.50. The molecule has 0 amide bonds. The Bertz CT molecular complexity index is 460. The first kappa shape index (κ1) is 12.9. The van der Waals surface area contributed by atoms with Gasteiger partial charge in [-0.3, -0.25) is 10.1 Å². The van der Waals surface area contributed by atoms with Gasteiger partial charge in [-0.15, -0.1) is 0 Å². The van der Waals surface area contributed by atoms with Crippen molar-refractivity contribution < 1.29 is 4.92 Å². The number of nitrogen functional groups attached to an aromatic ring is 1. The van der Waals surface area contributed by atoms with Crippen LogP contribution in [0.25, 0.3) is 0 Å². The number of hydrogen-bond acceptors (Lipinski definition) is 6. The van der Waals surface area contributed by atoms with Crippen LogP contribution in [0.1, 0.15) is 19.8 Å². The van der Waals surface area contributed by atoms with Gasteiger partial charge in [0.1, 0.15) is 5.82 Å². The first-order valence-electron chi connectivity index (χ1n) is 5.79. The number of thioether (sulfide) groups is 1. The molecule has 1 aliphatic heterocycles. The number of nitrogens with two attached hydrogens (primary N) is 1. The third-order valence-corrected chi connectivity index (χ3v) is 4.58. The molecule has 0 bridgehead atoms. The number of pyridine rings is 1. The summed E-state index contributed by atoms with van der Waals surface area (Å²) in [4.78, 5) is 14.1. The molecule has 0 aliphatic carbocycles. The van der Waals surface area contributed by atoms with E-state index in [-0.39, 0.29) is 16.3 Å². The van der Waals surface area contributed by atoms with Crippen LogP contribution >= 0.6 is 11.8 Å². The molecule has 1 aromatic rings. The zero-order valence-corrected chi connectivity index (χ0v) is 11.0. The number of aromatic nitrogens is 1. The second-order valence-electron chi connectivity index (χ2n) is 4.61. The molecule has 1 aromatic heterocycles. The number of nitrogens with zero attached hydrogens (tertiary/aromatic N) is 2. The molecular formula is C11H16N4O2S. The minimum Gasteiger partial charge on any atom is -0.378 e. The largest absolute Gasteiger partial charge is 0.378 e. The van der Waals surface area contributed by atoms with E-state index in [2.05, 4.69) is 17.2 Å². The number of hydrogen-bond donors (Lipinski definition) is 2. The lowest BCUT2D eigenvalue weighted by atomic mass is 10.1. The van der Waals surface area contributed by atoms with Crippen LogP contribution in [0.4, 0.5) is 17.3 Å². The number of anilines is 2. The highest BCUT2D eigenvalue weighted by Gasteiger charge is 2.29. The second kappa shape index (κ2) is 5.01. The lowest BCUT2D eigenvalue weighted by Gasteiger charge is -2.23. The summed E-state index contributed by atoms with van der Waals surface area (Å²) in [5, 5.41) is 13.8. The molecular weight excluding hydrogens is 252 g/mol. The van der Waals surface area contributed by atoms with Gasteiger partial charge in [0.15, 0.2) is 0 Å². The molecule has 3 N–H and O–H groups in total. The normalized spacial score (nSPS) is 22.9. The molecule has 6 nitrogen and oxygen atoms in total. The summed E-state index contributed by atoms with van der Waals surface area (Å²) in [5.74, 6) is 1.73. The molecule has 2 heterocycles. The van der Waals surface area contributed by atoms with Gasteiger partial charge in [0.05, 0.1) is 4.92 Å². The number of nitro groups is 1. The molecule has 1 unspecified atom stereocenters. The maximum Gasteiger partial charge on any atom is 0.311 e. The van der Waals surface area contributed by atoms with Crippen LogP contribution in [-0.4, -0.2) is 27.0 Å². The topological polar surface area (TPSA) is 94.1 Å². The van der Waals surface area contributed by atoms with E-state index in [9.17, 15) is 10.1 Å². The fourth-order valence-electron chi connectivity index (χ4n) is 1.97. The van der Waals surface area contributed by atoms with E-state index in [1.165, 1.54) is 24.7 Å². The van der Waals surface area contributed by atoms with Crippen molar-refractivity contribution in [2.45, 2.75) is 24.5 Å². The predicted molar refractivity (Wildman–Crippen MR) is 73.9 cm³/mol. The van der Waals surface area contributed by atoms with Gasteiger partial charge in [-0.25, -0.2) is 4.98 Å². The van der Waals surface area contributed by atoms with Gasteiger partial charge in [-0.05, 0) is 31.6 Å². The Morgan fingerprint density at radius 2 is 2.44 bits per heavy atom. The van der Waals surface area contributed by atoms with Crippen molar-refractivity contribution in [2.24, 2.45) is 0 Å². The Labute approximate surface area is 110 Å². The van der Waals surface area contributed by atoms with Gasteiger partial charge in [0.2, 0.25) is 5.82 Å². The summed E-state index contributed by atoms with van der Waals surface area (Å²) < 4.78 is 0.220. The van der Waals surface area contributed by atoms with Crippen LogP contribution in [0, 0.1) is 10.1 Å². The summed E-state index contributed by atoms with van der Waals surface area (Å²) in [7, 11) is 0. The van der Waals surface area contributed by atoms with Crippen LogP contribution < -0.4 is 11.1 Å². The summed E-state index contributed by atoms with van der Waals surface area (Å²) >= 11 is 1.95. The molecule has 18 heavy (non-hydrogen) atoms. The second-order valence-corrected chi connectivity index (χ2v) is 6.30. The van der Waals surface area contributed by atoms with Crippen molar-refractivity contribution in [3.05, 3.63) is 22.2 Å². The van der Waals surface area contributed by atoms with Gasteiger partial charge in [-0.1, -0.05) is 0 Å². The van der Waals surface area contributed by atoms with Gasteiger partial charge >= 0.3 is 5.69 Å². The monoisotopic (exact) mass is 268 g/mol. The van der Waals surface area contributed by atoms with Gasteiger partial charge < -0.3 is 11.1 Å². The minimum atomic E-state index is -0.528. The van der Waals surface area contributed by atoms with E-state index in [0.717, 1.165) is 6.54 Å². The molecule has 7 heteroatoms. The van der Waals surface area contributed by atoms with Crippen LogP contribution in [-0.2, 0) is 0 Å². The van der Waals surface area contributed by atoms with Crippen LogP contribution in [0.3, 0.4) is 0 Å². The first-order chi connectivity index (χ1) is 8.50. The highest BCUT2D eigenvalue weighted by molar-refractivity contribution is 8.00. The van der Waals surface area contributed by atoms with Gasteiger partial charge in [0.25, 0.3) is 0 Å². The van der Waals surface area contributed by atoms with Crippen molar-refractivity contribution in [1.82, 2.24) is 4.98 Å². The third kappa shape index (κ3) is 2.84. The van der Waals surface area contributed by atoms with E-state index in [1.807, 2.05) is 11.8 Å². The Morgan fingerprint density at radius 3 is 3.00 bits per heavy atom. The maximum absolute atomic E-state index is 10.6. The van der Waals surface area contributed by atoms with E-state index in [0.29, 0.717) is 5.82 Å². The number of rotatable bonds is 4. The molecule has 98 valence electrons. The zero-order valence-electron chi connectivity index (χ0n) is 10.2. The number of nitrogens with one attached hydrogen (secondary N) is 1. The molecule has 2 rings (SSSR count). The van der Waals surface area contributed by atoms with Crippen molar-refractivity contribution in [3.63, 3.8) is 0 Å². The molecule has 1 saturated heterocycles. The fourth-order valence-corrected chi connectivity index (χ4v) is 3.22. The first-order valence-corrected chi connectivity index (χ1v) is 6.77. The van der Waals surface area contributed by atoms with E-state index >= 15 is 0 Å². The van der Waals surface area contributed by atoms with E-state index < -0.39 is 4.92 Å². The lowest BCUT2D eigenvalue weighted by Crippen LogP contribution is -2.27. The van der Waals surface area contributed by atoms with Crippen LogP contribution in [0.15, 0.2) is 12.1 Å². The average Bonchev–Trinajstić information content (AvgIpc) is 2.74. The highest BCUT2D eigenvalue weighted by atomic mass is 32.2. The standard InChI is InChI=1S/C11H16N4O2S/c1-11(5-2-6-18-11)7-13-9-4-3-8(15(16)17)10(12)14-9/h3-4H,2,5-7H2,1H3,(H3,12,13,14). The van der Waals surface area contributed by atoms with Crippen LogP contribution in [0.2, 0.25) is 0 Å². The Morgan fingerprint density at radius 1 is 1.67 bits per heavy atom.